The van der Waals surface area contributed by atoms with Gasteiger partial charge in [-0.3, -0.25) is 62.2 Å². The van der Waals surface area contributed by atoms with E-state index in [1.807, 2.05) is 139 Å². The van der Waals surface area contributed by atoms with Crippen LogP contribution >= 0.6 is 0 Å². The number of nitrogens with zero attached hydrogens (tertiary/aromatic N) is 3. The minimum absolute atomic E-state index is 0.00632. The Hall–Kier alpha value is -9.43. The topological polar surface area (TPSA) is 491 Å². The van der Waals surface area contributed by atoms with Crippen LogP contribution in [0.5, 0.6) is 11.8 Å². The molecule has 34 nitrogen and oxygen atoms in total. The molecule has 10 rings (SSSR count). The van der Waals surface area contributed by atoms with Crippen molar-refractivity contribution in [3.63, 3.8) is 0 Å². The second kappa shape index (κ2) is 46.1. The molecule has 0 bridgehead atoms. The van der Waals surface area contributed by atoms with Crippen LogP contribution in [0.25, 0.3) is 21.5 Å². The van der Waals surface area contributed by atoms with Crippen molar-refractivity contribution in [2.45, 2.75) is 375 Å². The minimum atomic E-state index is -3.86. The fourth-order valence-corrected chi connectivity index (χ4v) is 18.9. The number of ketones is 2. The number of sulfonamides is 2. The van der Waals surface area contributed by atoms with E-state index in [1.54, 1.807) is 115 Å². The number of aryl methyl sites for hydroxylation is 2. The summed E-state index contributed by atoms with van der Waals surface area (Å²) in [7, 11) is -7.53. The molecule has 4 aliphatic carbocycles. The van der Waals surface area contributed by atoms with Crippen molar-refractivity contribution in [3.8, 4) is 11.8 Å². The maximum absolute atomic E-state index is 14.7. The highest BCUT2D eigenvalue weighted by Gasteiger charge is 2.63. The van der Waals surface area contributed by atoms with E-state index in [0.29, 0.717) is 56.8 Å². The van der Waals surface area contributed by atoms with Crippen LogP contribution in [0.1, 0.15) is 268 Å². The maximum atomic E-state index is 14.7. The van der Waals surface area contributed by atoms with Crippen molar-refractivity contribution in [3.05, 3.63) is 97.4 Å². The third-order valence-electron chi connectivity index (χ3n) is 22.9. The number of Topliss-reactive ketones (excluding diaryl/α,β-unsaturated/α-hetero) is 2. The molecule has 4 saturated carbocycles. The van der Waals surface area contributed by atoms with Gasteiger partial charge in [0.05, 0.1) is 124 Å². The molecule has 4 aromatic rings. The molecule has 36 heteroatoms. The van der Waals surface area contributed by atoms with Gasteiger partial charge in [-0.05, 0) is 272 Å². The molecule has 136 heavy (non-hydrogen) atoms. The van der Waals surface area contributed by atoms with E-state index in [-0.39, 0.29) is 74.9 Å². The van der Waals surface area contributed by atoms with Gasteiger partial charge >= 0.3 is 35.8 Å². The number of benzene rings is 2. The Kier molecular flexibility index (Phi) is 39.1. The molecule has 8 N–H and O–H groups in total. The highest BCUT2D eigenvalue weighted by molar-refractivity contribution is 7.91. The van der Waals surface area contributed by atoms with Gasteiger partial charge in [-0.2, -0.15) is 0 Å². The summed E-state index contributed by atoms with van der Waals surface area (Å²) < 4.78 is 106. The number of esters is 3. The second-order valence-corrected chi connectivity index (χ2v) is 47.5. The molecule has 760 valence electrons. The molecule has 2 saturated heterocycles. The first-order valence-corrected chi connectivity index (χ1v) is 49.6. The molecule has 0 unspecified atom stereocenters. The summed E-state index contributed by atoms with van der Waals surface area (Å²) in [4.78, 5) is 148. The monoisotopic (exact) mass is 1950 g/mol. The highest BCUT2D eigenvalue weighted by Crippen LogP contribution is 2.58. The number of carbonyl (C=O) groups excluding carboxylic acids is 8. The number of carbonyl (C=O) groups is 11. The normalized spacial score (nSPS) is 22.4. The van der Waals surface area contributed by atoms with E-state index in [0.717, 1.165) is 32.7 Å². The zero-order chi connectivity index (χ0) is 103. The number of pyridine rings is 2. The summed E-state index contributed by atoms with van der Waals surface area (Å²) in [6.07, 6.45) is 5.67. The number of hydrogen-bond acceptors (Lipinski definition) is 28. The van der Waals surface area contributed by atoms with Crippen molar-refractivity contribution in [1.82, 2.24) is 29.6 Å². The third kappa shape index (κ3) is 36.4. The van der Waals surface area contributed by atoms with Gasteiger partial charge in [0.2, 0.25) is 49.5 Å². The summed E-state index contributed by atoms with van der Waals surface area (Å²) in [6.45, 7) is 56.7. The summed E-state index contributed by atoms with van der Waals surface area (Å²) in [5.74, 6) is -9.65. The van der Waals surface area contributed by atoms with Gasteiger partial charge in [0.25, 0.3) is 0 Å². The predicted molar refractivity (Wildman–Crippen MR) is 513 cm³/mol. The quantitative estimate of drug-likeness (QED) is 0.0126. The smallest absolute Gasteiger partial charge is 0.323 e. The Morgan fingerprint density at radius 3 is 1.17 bits per heavy atom. The first-order valence-electron chi connectivity index (χ1n) is 46.5. The summed E-state index contributed by atoms with van der Waals surface area (Å²) in [5, 5.41) is 32.7. The Bertz CT molecular complexity index is 5110. The molecule has 6 fully saturated rings. The molecular formula is C100H151N7O27S2. The predicted octanol–water partition coefficient (Wildman–Crippen LogP) is 13.5. The van der Waals surface area contributed by atoms with Crippen LogP contribution in [0, 0.1) is 54.3 Å². The fourth-order valence-electron chi connectivity index (χ4n) is 16.1. The molecule has 2 aromatic carbocycles. The Balaban J connectivity index is 0.000000289. The average Bonchev–Trinajstić information content (AvgIpc) is 1.58. The number of ether oxygens (including phenoxy) is 9. The van der Waals surface area contributed by atoms with Crippen LogP contribution in [-0.2, 0) is 106 Å². The lowest BCUT2D eigenvalue weighted by Gasteiger charge is -2.34. The number of rotatable bonds is 36. The van der Waals surface area contributed by atoms with E-state index in [4.69, 9.17) is 53.5 Å². The number of amides is 3. The first kappa shape index (κ1) is 115. The number of nitrogens with two attached hydrogens (primary N) is 1. The number of carboxylic acid groups (broad SMARTS) is 3. The van der Waals surface area contributed by atoms with Crippen molar-refractivity contribution < 1.29 is 128 Å². The van der Waals surface area contributed by atoms with Gasteiger partial charge in [0, 0.05) is 55.4 Å². The standard InChI is InChI=1S/C39H53N3O9S.C25H29N3O5S.2C14H26O5.C8H17NO3/c1-10-26-20-39(26,36(46)41-52(47,48)28-12-13-28)21-32(43)31-18-27(49-34-29-14-11-23(2)17-25(29)15-16-40-34)22-42(31)35(45)30(24(3)50-37(4,5)6)19-33(44)51-38(7,8)9;1-3-17-12-25(17,24(30)28-34(31,32)19-5-6-19)13-22(29)21-11-18(14-27-21)33-23-20-7-4-15(2)10-16(20)8-9-26-23;2*1-9(18-13(2,3)4)10(12(16)17)8-11(15)19-14(5,6)7;1-5(6(9)7(10)11)12-8(2,3)4/h10-11,14-17,24,26-28,30-31H,1,12-13,18-22H2,2-9H3,(H,41,46);3-4,7-10,17-19,21,27H,1,5-6,11-14H2,2H3,(H,28,30);2*9-10H,8H2,1-7H3,(H,16,17);5-6H,9H2,1-4H3,(H,10,11)/t24-,26+,27+,30-,31-,39+;17-,18-,21+,25-;2*9-,10-;5-,6-/m01000/s1. The molecular weight excluding hydrogens is 1800 g/mol. The van der Waals surface area contributed by atoms with Gasteiger partial charge in [-0.15, -0.1) is 13.2 Å². The summed E-state index contributed by atoms with van der Waals surface area (Å²) in [6, 6.07) is 13.3. The van der Waals surface area contributed by atoms with Crippen LogP contribution in [0.15, 0.2) is 86.2 Å². The van der Waals surface area contributed by atoms with Gasteiger partial charge in [-0.1, -0.05) is 47.5 Å². The molecule has 2 aliphatic heterocycles. The lowest BCUT2D eigenvalue weighted by atomic mass is 9.90. The Labute approximate surface area is 802 Å². The number of carboxylic acids is 3. The summed E-state index contributed by atoms with van der Waals surface area (Å²) in [5.41, 5.74) is 1.28. The lowest BCUT2D eigenvalue weighted by Crippen LogP contribution is -2.49. The molecule has 6 aliphatic rings. The van der Waals surface area contributed by atoms with E-state index in [1.165, 1.54) is 4.90 Å². The fraction of sp³-hybridized carbons (Fsp3) is 0.670. The molecule has 0 spiro atoms. The highest BCUT2D eigenvalue weighted by atomic mass is 32.2. The van der Waals surface area contributed by atoms with E-state index >= 15 is 0 Å². The van der Waals surface area contributed by atoms with Crippen LogP contribution in [0.2, 0.25) is 0 Å². The number of hydrogen-bond donors (Lipinski definition) is 7. The van der Waals surface area contributed by atoms with Crippen molar-refractivity contribution in [1.29, 1.82) is 0 Å². The van der Waals surface area contributed by atoms with Gasteiger partial charge in [0.15, 0.2) is 11.6 Å². The van der Waals surface area contributed by atoms with Gasteiger partial charge in [0.1, 0.15) is 35.1 Å². The number of aromatic nitrogens is 2. The number of nitrogens with one attached hydrogen (secondary N) is 3. The number of likely N-dealkylation sites (tertiary alicyclic amines) is 1. The van der Waals surface area contributed by atoms with Crippen LogP contribution in [0.4, 0.5) is 0 Å². The van der Waals surface area contributed by atoms with Crippen LogP contribution in [0.3, 0.4) is 0 Å². The van der Waals surface area contributed by atoms with Crippen LogP contribution < -0.4 is 30.0 Å². The molecule has 0 radical (unpaired) electrons. The third-order valence-corrected chi connectivity index (χ3v) is 26.5. The Morgan fingerprint density at radius 1 is 0.493 bits per heavy atom. The zero-order valence-electron chi connectivity index (χ0n) is 84.6. The zero-order valence-corrected chi connectivity index (χ0v) is 86.2. The second-order valence-electron chi connectivity index (χ2n) is 43.6. The molecule has 4 heterocycles. The Morgan fingerprint density at radius 2 is 0.838 bits per heavy atom. The number of fused-ring (bicyclic) bond motifs is 2. The van der Waals surface area contributed by atoms with Gasteiger partial charge < -0.3 is 73.9 Å². The lowest BCUT2D eigenvalue weighted by molar-refractivity contribution is -0.166. The number of aliphatic carboxylic acids is 3. The summed E-state index contributed by atoms with van der Waals surface area (Å²) >= 11 is 0. The largest absolute Gasteiger partial charge is 0.481 e. The van der Waals surface area contributed by atoms with Crippen molar-refractivity contribution >= 4 is 107 Å². The SMILES string of the molecule is C=C[C@@H]1C[C@]1(CC(=O)[C@@H]1C[C@@H](Oc2nccc3cc(C)ccc23)CN1)C(=O)NS(=O)(=O)C1CC1.C=C[C@@H]1C[C@]1(CC(=O)[C@@H]1C[C@@H](Oc2nccc3cc(C)ccc23)CN1C(=O)[C@@H](CC(=O)OC(C)(C)C)[C@H](C)OC(C)(C)C)C(=O)NS(=O)(=O)C1CC1.C[C@H](OC(C)(C)C)[C@H](CC(=O)OC(C)(C)C)C(=O)O.C[C@H](OC(C)(C)C)[C@H](CC(=O)OC(C)(C)C)C(=O)O.C[C@H](OC(C)(C)C)[C@H](N)C(=O)O. The van der Waals surface area contributed by atoms with Gasteiger partial charge in [-0.25, -0.2) is 26.8 Å². The van der Waals surface area contributed by atoms with Crippen molar-refractivity contribution in [2.75, 3.05) is 13.1 Å². The van der Waals surface area contributed by atoms with Crippen LogP contribution in [-0.4, -0.2) is 230 Å². The molecule has 2 aromatic heterocycles. The minimum Gasteiger partial charge on any atom is -0.481 e. The maximum Gasteiger partial charge on any atom is 0.323 e. The van der Waals surface area contributed by atoms with E-state index < -0.39 is 207 Å². The van der Waals surface area contributed by atoms with E-state index in [9.17, 15) is 79.8 Å². The molecule has 16 atom stereocenters. The van der Waals surface area contributed by atoms with E-state index in [2.05, 4.69) is 44.0 Å². The average molecular weight is 1950 g/mol. The first-order chi connectivity index (χ1) is 62.2. The number of allylic oxidation sites excluding steroid dienone is 2. The van der Waals surface area contributed by atoms with Crippen molar-refractivity contribution in [2.24, 2.45) is 46.2 Å². The molecule has 3 amide bonds.